The second-order valence-electron chi connectivity index (χ2n) is 8.57. The molecule has 1 aliphatic carbocycles. The summed E-state index contributed by atoms with van der Waals surface area (Å²) in [6.45, 7) is 2.09. The van der Waals surface area contributed by atoms with Gasteiger partial charge in [-0.15, -0.1) is 13.2 Å². The number of carbonyl (C=O) groups is 3. The highest BCUT2D eigenvalue weighted by molar-refractivity contribution is 5.95. The maximum Gasteiger partial charge on any atom is 0.573 e. The number of ether oxygens (including phenoxy) is 3. The average Bonchev–Trinajstić information content (AvgIpc) is 2.86. The van der Waals surface area contributed by atoms with Crippen molar-refractivity contribution in [1.29, 1.82) is 0 Å². The Morgan fingerprint density at radius 2 is 1.50 bits per heavy atom. The Balaban J connectivity index is 1.41. The van der Waals surface area contributed by atoms with E-state index >= 15 is 0 Å². The highest BCUT2D eigenvalue weighted by atomic mass is 19.4. The van der Waals surface area contributed by atoms with E-state index in [1.54, 1.807) is 6.92 Å². The third-order valence-electron chi connectivity index (χ3n) is 5.83. The second-order valence-corrected chi connectivity index (χ2v) is 8.57. The molecule has 0 radical (unpaired) electrons. The number of hydrogen-bond acceptors (Lipinski definition) is 6. The molecule has 1 aliphatic rings. The van der Waals surface area contributed by atoms with Gasteiger partial charge in [-0.05, 0) is 69.0 Å². The van der Waals surface area contributed by atoms with Gasteiger partial charge in [-0.2, -0.15) is 0 Å². The summed E-state index contributed by atoms with van der Waals surface area (Å²) < 4.78 is 65.8. The largest absolute Gasteiger partial charge is 0.573 e. The van der Waals surface area contributed by atoms with Crippen LogP contribution in [0.1, 0.15) is 53.3 Å². The molecule has 8 nitrogen and oxygen atoms in total. The molecule has 2 aromatic rings. The van der Waals surface area contributed by atoms with Gasteiger partial charge in [0.1, 0.15) is 17.3 Å². The predicted octanol–water partition coefficient (Wildman–Crippen LogP) is 4.38. The first-order chi connectivity index (χ1) is 18.1. The van der Waals surface area contributed by atoms with Crippen LogP contribution in [0.5, 0.6) is 11.5 Å². The quantitative estimate of drug-likeness (QED) is 0.263. The molecule has 0 saturated heterocycles. The van der Waals surface area contributed by atoms with Gasteiger partial charge >= 0.3 is 12.3 Å². The Morgan fingerprint density at radius 1 is 0.895 bits per heavy atom. The summed E-state index contributed by atoms with van der Waals surface area (Å²) in [5.41, 5.74) is -0.100. The van der Waals surface area contributed by atoms with E-state index in [2.05, 4.69) is 15.4 Å². The van der Waals surface area contributed by atoms with Gasteiger partial charge in [0.15, 0.2) is 0 Å². The lowest BCUT2D eigenvalue weighted by atomic mass is 9.87. The zero-order valence-corrected chi connectivity index (χ0v) is 20.6. The van der Waals surface area contributed by atoms with E-state index in [0.29, 0.717) is 32.3 Å². The molecule has 0 spiro atoms. The molecule has 0 aliphatic heterocycles. The zero-order chi connectivity index (χ0) is 27.7. The number of rotatable bonds is 10. The molecule has 1 saturated carbocycles. The molecule has 2 N–H and O–H groups in total. The highest BCUT2D eigenvalue weighted by Gasteiger charge is 2.31. The lowest BCUT2D eigenvalue weighted by Crippen LogP contribution is -2.35. The van der Waals surface area contributed by atoms with Crippen LogP contribution in [0.25, 0.3) is 0 Å². The smallest absolute Gasteiger partial charge is 0.490 e. The third kappa shape index (κ3) is 8.63. The van der Waals surface area contributed by atoms with Crippen LogP contribution in [-0.4, -0.2) is 49.9 Å². The van der Waals surface area contributed by atoms with E-state index in [1.165, 1.54) is 24.3 Å². The van der Waals surface area contributed by atoms with Crippen molar-refractivity contribution >= 4 is 17.8 Å². The standard InChI is InChI=1S/C26H28F4N2O6/c1-2-36-25(35)17-5-7-18(8-6-17)37-20-11-12-21(22(27)15-20)24(34)32-14-13-31-23(33)16-3-9-19(10-4-16)38-26(28,29)30/h3-4,9-12,15,17-18H,2,5-8,13-14H2,1H3,(H,31,33)(H,32,34). The van der Waals surface area contributed by atoms with Crippen molar-refractivity contribution in [2.45, 2.75) is 45.1 Å². The second kappa shape index (κ2) is 13.1. The summed E-state index contributed by atoms with van der Waals surface area (Å²) in [7, 11) is 0. The molecular weight excluding hydrogens is 512 g/mol. The van der Waals surface area contributed by atoms with Gasteiger partial charge in [0.2, 0.25) is 0 Å². The predicted molar refractivity (Wildman–Crippen MR) is 127 cm³/mol. The van der Waals surface area contributed by atoms with Crippen LogP contribution in [0.15, 0.2) is 42.5 Å². The number of alkyl halides is 3. The summed E-state index contributed by atoms with van der Waals surface area (Å²) in [5, 5.41) is 4.99. The molecule has 12 heteroatoms. The molecule has 0 unspecified atom stereocenters. The Kier molecular flexibility index (Phi) is 9.91. The van der Waals surface area contributed by atoms with Crippen LogP contribution in [0.2, 0.25) is 0 Å². The summed E-state index contributed by atoms with van der Waals surface area (Å²) in [5.74, 6) is -2.57. The van der Waals surface area contributed by atoms with Crippen molar-refractivity contribution in [1.82, 2.24) is 10.6 Å². The van der Waals surface area contributed by atoms with E-state index in [9.17, 15) is 31.9 Å². The molecule has 38 heavy (non-hydrogen) atoms. The lowest BCUT2D eigenvalue weighted by Gasteiger charge is -2.27. The van der Waals surface area contributed by atoms with Crippen LogP contribution >= 0.6 is 0 Å². The van der Waals surface area contributed by atoms with Crippen LogP contribution < -0.4 is 20.1 Å². The fourth-order valence-electron chi connectivity index (χ4n) is 3.98. The van der Waals surface area contributed by atoms with E-state index in [-0.39, 0.29) is 48.0 Å². The van der Waals surface area contributed by atoms with E-state index in [1.807, 2.05) is 0 Å². The van der Waals surface area contributed by atoms with E-state index in [4.69, 9.17) is 9.47 Å². The van der Waals surface area contributed by atoms with Gasteiger partial charge in [-0.1, -0.05) is 0 Å². The fourth-order valence-corrected chi connectivity index (χ4v) is 3.98. The normalized spacial score (nSPS) is 17.3. The van der Waals surface area contributed by atoms with Crippen LogP contribution in [0, 0.1) is 11.7 Å². The van der Waals surface area contributed by atoms with Crippen molar-refractivity contribution in [3.63, 3.8) is 0 Å². The minimum absolute atomic E-state index is 0.00264. The van der Waals surface area contributed by atoms with Crippen molar-refractivity contribution < 1.29 is 46.2 Å². The Labute approximate surface area is 216 Å². The molecule has 0 atom stereocenters. The minimum Gasteiger partial charge on any atom is -0.490 e. The summed E-state index contributed by atoms with van der Waals surface area (Å²) >= 11 is 0. The van der Waals surface area contributed by atoms with Gasteiger partial charge in [0, 0.05) is 24.7 Å². The van der Waals surface area contributed by atoms with Gasteiger partial charge in [-0.25, -0.2) is 4.39 Å². The lowest BCUT2D eigenvalue weighted by molar-refractivity contribution is -0.274. The summed E-state index contributed by atoms with van der Waals surface area (Å²) in [6.07, 6.45) is -2.49. The first kappa shape index (κ1) is 28.7. The number of amides is 2. The highest BCUT2D eigenvalue weighted by Crippen LogP contribution is 2.29. The van der Waals surface area contributed by atoms with E-state index in [0.717, 1.165) is 18.2 Å². The monoisotopic (exact) mass is 540 g/mol. The SMILES string of the molecule is CCOC(=O)C1CCC(Oc2ccc(C(=O)NCCNC(=O)c3ccc(OC(F)(F)F)cc3)c(F)c2)CC1. The number of halogens is 4. The molecular formula is C26H28F4N2O6. The Bertz CT molecular complexity index is 1120. The van der Waals surface area contributed by atoms with Crippen molar-refractivity contribution in [3.05, 3.63) is 59.4 Å². The molecule has 3 rings (SSSR count). The first-order valence-electron chi connectivity index (χ1n) is 12.1. The van der Waals surface area contributed by atoms with Crippen LogP contribution in [0.4, 0.5) is 17.6 Å². The number of nitrogens with one attached hydrogen (secondary N) is 2. The van der Waals surface area contributed by atoms with Gasteiger partial charge < -0.3 is 24.8 Å². The molecule has 2 amide bonds. The van der Waals surface area contributed by atoms with Crippen LogP contribution in [0.3, 0.4) is 0 Å². The number of esters is 1. The Hall–Kier alpha value is -3.83. The molecule has 2 aromatic carbocycles. The van der Waals surface area contributed by atoms with Gasteiger partial charge in [-0.3, -0.25) is 14.4 Å². The molecule has 206 valence electrons. The third-order valence-corrected chi connectivity index (χ3v) is 5.83. The summed E-state index contributed by atoms with van der Waals surface area (Å²) in [4.78, 5) is 36.3. The Morgan fingerprint density at radius 3 is 2.08 bits per heavy atom. The maximum absolute atomic E-state index is 14.5. The molecule has 0 aromatic heterocycles. The van der Waals surface area contributed by atoms with Crippen LogP contribution in [-0.2, 0) is 9.53 Å². The molecule has 0 bridgehead atoms. The first-order valence-corrected chi connectivity index (χ1v) is 12.1. The number of hydrogen-bond donors (Lipinski definition) is 2. The molecule has 0 heterocycles. The fraction of sp³-hybridized carbons (Fsp3) is 0.423. The summed E-state index contributed by atoms with van der Waals surface area (Å²) in [6, 6.07) is 8.26. The van der Waals surface area contributed by atoms with Gasteiger partial charge in [0.05, 0.1) is 24.2 Å². The van der Waals surface area contributed by atoms with Crippen molar-refractivity contribution in [2.75, 3.05) is 19.7 Å². The van der Waals surface area contributed by atoms with Crippen molar-refractivity contribution in [3.8, 4) is 11.5 Å². The zero-order valence-electron chi connectivity index (χ0n) is 20.6. The van der Waals surface area contributed by atoms with E-state index < -0.39 is 29.7 Å². The van der Waals surface area contributed by atoms with Gasteiger partial charge in [0.25, 0.3) is 11.8 Å². The number of carbonyl (C=O) groups excluding carboxylic acids is 3. The van der Waals surface area contributed by atoms with Crippen molar-refractivity contribution in [2.24, 2.45) is 5.92 Å². The number of benzene rings is 2. The molecule has 1 fully saturated rings. The topological polar surface area (TPSA) is 103 Å². The average molecular weight is 541 g/mol. The maximum atomic E-state index is 14.5. The minimum atomic E-state index is -4.83.